The third kappa shape index (κ3) is 9.36. The van der Waals surface area contributed by atoms with Crippen LogP contribution in [0.2, 0.25) is 1.41 Å². The van der Waals surface area contributed by atoms with Crippen molar-refractivity contribution >= 4 is 23.8 Å². The van der Waals surface area contributed by atoms with Crippen molar-refractivity contribution in [1.82, 2.24) is 10.6 Å². The highest BCUT2D eigenvalue weighted by molar-refractivity contribution is 5.91. The summed E-state index contributed by atoms with van der Waals surface area (Å²) in [6, 6.07) is 4.58. The summed E-state index contributed by atoms with van der Waals surface area (Å²) < 4.78 is 23.3. The maximum absolute atomic E-state index is 13.0. The lowest BCUT2D eigenvalue weighted by molar-refractivity contribution is -0.149. The molecular formula is C23H34N2O7. The van der Waals surface area contributed by atoms with E-state index in [-0.39, 0.29) is 32.5 Å². The molecule has 1 aromatic carbocycles. The second-order valence-electron chi connectivity index (χ2n) is 7.39. The van der Waals surface area contributed by atoms with Gasteiger partial charge in [-0.25, -0.2) is 4.79 Å². The van der Waals surface area contributed by atoms with Gasteiger partial charge in [-0.3, -0.25) is 14.4 Å². The van der Waals surface area contributed by atoms with Crippen LogP contribution in [0.15, 0.2) is 24.3 Å². The molecule has 9 nitrogen and oxygen atoms in total. The zero-order chi connectivity index (χ0) is 25.0. The Labute approximate surface area is 190 Å². The average molecular weight is 452 g/mol. The fourth-order valence-electron chi connectivity index (χ4n) is 2.87. The van der Waals surface area contributed by atoms with Gasteiger partial charge < -0.3 is 24.8 Å². The van der Waals surface area contributed by atoms with Crippen LogP contribution in [0.25, 0.3) is 0 Å². The molecule has 0 spiro atoms. The minimum absolute atomic E-state index is 0.0218. The molecule has 2 N–H and O–H groups in total. The number of carbonyl (C=O) groups is 4. The minimum atomic E-state index is -1.14. The van der Waals surface area contributed by atoms with Gasteiger partial charge in [0.05, 0.1) is 26.7 Å². The molecule has 9 heteroatoms. The molecule has 0 fully saturated rings. The predicted molar refractivity (Wildman–Crippen MR) is 118 cm³/mol. The van der Waals surface area contributed by atoms with E-state index in [0.29, 0.717) is 16.6 Å². The van der Waals surface area contributed by atoms with Crippen molar-refractivity contribution in [2.75, 3.05) is 20.3 Å². The van der Waals surface area contributed by atoms with Crippen LogP contribution in [0.5, 0.6) is 5.75 Å². The van der Waals surface area contributed by atoms with Crippen LogP contribution >= 0.6 is 0 Å². The molecule has 0 aromatic heterocycles. The lowest BCUT2D eigenvalue weighted by Crippen LogP contribution is -2.54. The monoisotopic (exact) mass is 451 g/mol. The van der Waals surface area contributed by atoms with Crippen molar-refractivity contribution in [3.8, 4) is 5.75 Å². The van der Waals surface area contributed by atoms with E-state index >= 15 is 0 Å². The molecule has 32 heavy (non-hydrogen) atoms. The molecule has 0 unspecified atom stereocenters. The molecule has 0 aliphatic rings. The smallest absolute Gasteiger partial charge is 0.328 e. The number of methoxy groups -OCH3 is 1. The summed E-state index contributed by atoms with van der Waals surface area (Å²) >= 11 is 0. The molecule has 0 bridgehead atoms. The fourth-order valence-corrected chi connectivity index (χ4v) is 2.87. The van der Waals surface area contributed by atoms with Gasteiger partial charge in [0.25, 0.3) is 0 Å². The molecule has 0 heterocycles. The molecule has 0 aliphatic heterocycles. The minimum Gasteiger partial charge on any atom is -0.497 e. The van der Waals surface area contributed by atoms with Crippen LogP contribution in [0, 0.1) is 5.92 Å². The van der Waals surface area contributed by atoms with Crippen molar-refractivity contribution < 1.29 is 34.8 Å². The fraction of sp³-hybridized carbons (Fsp3) is 0.565. The standard InChI is InChI=1S/C23H34N2O7/c1-6-31-20(27)13-12-18(23(29)32-7-2)24-22(28)21(15(3)4)25-19(26)14-16-8-10-17(30-5)11-9-16/h8-11,15,18,21H,6-7,12-14H2,1-5H3,(H,24,28)(H,25,26)/t18-,21-/m0/s1/i/hD. The Hall–Kier alpha value is -3.10. The zero-order valence-corrected chi connectivity index (χ0v) is 19.4. The summed E-state index contributed by atoms with van der Waals surface area (Å²) in [5, 5.41) is 3.18. The molecule has 1 aromatic rings. The van der Waals surface area contributed by atoms with Crippen LogP contribution in [-0.2, 0) is 35.1 Å². The molecule has 0 saturated carbocycles. The van der Waals surface area contributed by atoms with E-state index in [2.05, 4.69) is 5.32 Å². The number of amides is 2. The van der Waals surface area contributed by atoms with E-state index < -0.39 is 41.8 Å². The highest BCUT2D eigenvalue weighted by Crippen LogP contribution is 2.12. The third-order valence-corrected chi connectivity index (χ3v) is 4.53. The summed E-state index contributed by atoms with van der Waals surface area (Å²) in [5.41, 5.74) is 0.666. The Morgan fingerprint density at radius 1 is 1.03 bits per heavy atom. The molecule has 2 amide bonds. The van der Waals surface area contributed by atoms with Gasteiger partial charge in [0, 0.05) is 6.42 Å². The molecule has 0 radical (unpaired) electrons. The third-order valence-electron chi connectivity index (χ3n) is 4.53. The number of rotatable bonds is 13. The van der Waals surface area contributed by atoms with Gasteiger partial charge >= 0.3 is 11.9 Å². The summed E-state index contributed by atoms with van der Waals surface area (Å²) in [6.45, 7) is 7.00. The van der Waals surface area contributed by atoms with E-state index in [1.807, 2.05) is 0 Å². The Kier molecular flexibility index (Phi) is 11.1. The number of nitrogens with one attached hydrogen (secondary N) is 2. The van der Waals surface area contributed by atoms with E-state index in [4.69, 9.17) is 15.6 Å². The highest BCUT2D eigenvalue weighted by Gasteiger charge is 2.29. The average Bonchev–Trinajstić information content (AvgIpc) is 2.77. The number of hydrogen-bond donors (Lipinski definition) is 2. The maximum Gasteiger partial charge on any atom is 0.328 e. The van der Waals surface area contributed by atoms with Gasteiger partial charge in [0.1, 0.15) is 17.8 Å². The summed E-state index contributed by atoms with van der Waals surface area (Å²) in [4.78, 5) is 49.7. The van der Waals surface area contributed by atoms with Crippen LogP contribution in [-0.4, -0.2) is 56.2 Å². The number of benzene rings is 1. The van der Waals surface area contributed by atoms with Gasteiger partial charge in [0.15, 0.2) is 1.41 Å². The number of hydrogen-bond acceptors (Lipinski definition) is 7. The Bertz CT molecular complexity index is 799. The van der Waals surface area contributed by atoms with Crippen molar-refractivity contribution in [2.24, 2.45) is 5.92 Å². The first-order chi connectivity index (χ1) is 15.6. The summed E-state index contributed by atoms with van der Waals surface area (Å²) in [7, 11) is 1.54. The van der Waals surface area contributed by atoms with Gasteiger partial charge in [0.2, 0.25) is 11.8 Å². The van der Waals surface area contributed by atoms with Crippen LogP contribution < -0.4 is 15.4 Å². The van der Waals surface area contributed by atoms with E-state index in [1.54, 1.807) is 52.0 Å². The van der Waals surface area contributed by atoms with Crippen molar-refractivity contribution in [3.05, 3.63) is 29.8 Å². The first-order valence-electron chi connectivity index (χ1n) is 11.2. The first-order valence-corrected chi connectivity index (χ1v) is 10.7. The first kappa shape index (κ1) is 25.2. The lowest BCUT2D eigenvalue weighted by atomic mass is 10.0. The van der Waals surface area contributed by atoms with Crippen molar-refractivity contribution in [1.29, 1.82) is 0 Å². The quantitative estimate of drug-likeness (QED) is 0.439. The van der Waals surface area contributed by atoms with Gasteiger partial charge in [-0.1, -0.05) is 26.0 Å². The molecule has 178 valence electrons. The van der Waals surface area contributed by atoms with Gasteiger partial charge in [-0.05, 0) is 43.9 Å². The van der Waals surface area contributed by atoms with Crippen molar-refractivity contribution in [2.45, 2.75) is 59.0 Å². The van der Waals surface area contributed by atoms with E-state index in [1.165, 1.54) is 7.11 Å². The molecule has 1 rings (SSSR count). The second kappa shape index (κ2) is 14.1. The number of carbonyl (C=O) groups excluding carboxylic acids is 4. The van der Waals surface area contributed by atoms with Crippen molar-refractivity contribution in [3.63, 3.8) is 0 Å². The summed E-state index contributed by atoms with van der Waals surface area (Å²) in [6.07, 6.45) is -0.189. The number of esters is 2. The van der Waals surface area contributed by atoms with Crippen LogP contribution in [0.4, 0.5) is 0 Å². The SMILES string of the molecule is [2H]N(C(=O)Cc1ccc(OC)cc1)[C@H](C(=O)N[C@@H](CCC(=O)OCC)C(=O)OCC)C(C)C. The largest absolute Gasteiger partial charge is 0.497 e. The molecule has 0 aliphatic carbocycles. The Morgan fingerprint density at radius 2 is 1.66 bits per heavy atom. The second-order valence-corrected chi connectivity index (χ2v) is 7.39. The topological polar surface area (TPSA) is 120 Å². The predicted octanol–water partition coefficient (Wildman–Crippen LogP) is 1.77. The van der Waals surface area contributed by atoms with Gasteiger partial charge in [-0.15, -0.1) is 0 Å². The van der Waals surface area contributed by atoms with E-state index in [9.17, 15) is 19.2 Å². The maximum atomic E-state index is 13.0. The van der Waals surface area contributed by atoms with Crippen LogP contribution in [0.3, 0.4) is 0 Å². The molecular weight excluding hydrogens is 416 g/mol. The zero-order valence-electron chi connectivity index (χ0n) is 20.4. The number of ether oxygens (including phenoxy) is 3. The Morgan fingerprint density at radius 3 is 2.19 bits per heavy atom. The van der Waals surface area contributed by atoms with E-state index in [0.717, 1.165) is 0 Å². The molecule has 2 atom stereocenters. The molecule has 0 saturated heterocycles. The Balaban J connectivity index is 2.91. The van der Waals surface area contributed by atoms with Crippen LogP contribution in [0.1, 0.15) is 46.1 Å². The normalized spacial score (nSPS) is 12.9. The lowest BCUT2D eigenvalue weighted by Gasteiger charge is -2.25. The van der Waals surface area contributed by atoms with Gasteiger partial charge in [-0.2, -0.15) is 0 Å². The summed E-state index contributed by atoms with van der Waals surface area (Å²) in [5.74, 6) is -2.22. The highest BCUT2D eigenvalue weighted by atomic mass is 16.5.